The van der Waals surface area contributed by atoms with Gasteiger partial charge in [0.05, 0.1) is 11.1 Å². The van der Waals surface area contributed by atoms with Gasteiger partial charge in [-0.2, -0.15) is 0 Å². The number of nitrogens with two attached hydrogens (primary N) is 1. The summed E-state index contributed by atoms with van der Waals surface area (Å²) in [6.45, 7) is 8.98. The van der Waals surface area contributed by atoms with Crippen LogP contribution in [-0.2, 0) is 4.79 Å². The second-order valence-corrected chi connectivity index (χ2v) is 8.95. The number of piperidine rings is 1. The van der Waals surface area contributed by atoms with E-state index in [4.69, 9.17) is 4.74 Å². The Kier molecular flexibility index (Phi) is 5.56. The highest BCUT2D eigenvalue weighted by Gasteiger charge is 2.42. The van der Waals surface area contributed by atoms with Crippen LogP contribution in [0.4, 0.5) is 0 Å². The molecule has 0 atom stereocenters. The number of para-hydroxylation sites is 1. The first-order valence-electron chi connectivity index (χ1n) is 9.68. The molecule has 1 aliphatic heterocycles. The maximum atomic E-state index is 12.5. The van der Waals surface area contributed by atoms with Crippen molar-refractivity contribution in [2.75, 3.05) is 6.61 Å². The molecular weight excluding hydrogens is 336 g/mol. The predicted molar refractivity (Wildman–Crippen MR) is 109 cm³/mol. The van der Waals surface area contributed by atoms with Gasteiger partial charge in [-0.15, -0.1) is 0 Å². The molecule has 0 aromatic heterocycles. The van der Waals surface area contributed by atoms with Gasteiger partial charge in [0.1, 0.15) is 5.75 Å². The Morgan fingerprint density at radius 3 is 2.26 bits per heavy atom. The van der Waals surface area contributed by atoms with Crippen LogP contribution in [0.15, 0.2) is 54.6 Å². The summed E-state index contributed by atoms with van der Waals surface area (Å²) in [6.07, 6.45) is 1.92. The molecule has 1 aliphatic rings. The first-order chi connectivity index (χ1) is 12.7. The smallest absolute Gasteiger partial charge is 0.258 e. The van der Waals surface area contributed by atoms with E-state index in [0.717, 1.165) is 29.7 Å². The molecule has 4 heteroatoms. The van der Waals surface area contributed by atoms with E-state index in [1.165, 1.54) is 0 Å². The zero-order valence-corrected chi connectivity index (χ0v) is 16.8. The summed E-state index contributed by atoms with van der Waals surface area (Å²) in [5.41, 5.74) is 2.33. The minimum Gasteiger partial charge on any atom is -0.483 e. The molecule has 3 rings (SSSR count). The molecule has 2 aromatic carbocycles. The van der Waals surface area contributed by atoms with E-state index in [1.54, 1.807) is 0 Å². The van der Waals surface area contributed by atoms with E-state index in [9.17, 15) is 4.79 Å². The third-order valence-electron chi connectivity index (χ3n) is 5.02. The predicted octanol–water partition coefficient (Wildman–Crippen LogP) is 3.13. The summed E-state index contributed by atoms with van der Waals surface area (Å²) in [5.74, 6) is 0.674. The first-order valence-corrected chi connectivity index (χ1v) is 9.68. The van der Waals surface area contributed by atoms with E-state index in [2.05, 4.69) is 38.3 Å². The minimum absolute atomic E-state index is 0.0327. The lowest BCUT2D eigenvalue weighted by Gasteiger charge is -2.43. The Labute approximate surface area is 162 Å². The Morgan fingerprint density at radius 1 is 1.00 bits per heavy atom. The van der Waals surface area contributed by atoms with Crippen LogP contribution < -0.4 is 15.4 Å². The molecule has 3 N–H and O–H groups in total. The van der Waals surface area contributed by atoms with E-state index >= 15 is 0 Å². The molecule has 27 heavy (non-hydrogen) atoms. The average Bonchev–Trinajstić information content (AvgIpc) is 2.58. The van der Waals surface area contributed by atoms with E-state index in [0.29, 0.717) is 0 Å². The van der Waals surface area contributed by atoms with Gasteiger partial charge in [-0.3, -0.25) is 4.79 Å². The lowest BCUT2D eigenvalue weighted by molar-refractivity contribution is -0.787. The number of ether oxygens (including phenoxy) is 1. The molecule has 144 valence electrons. The van der Waals surface area contributed by atoms with Crippen LogP contribution in [0.3, 0.4) is 0 Å². The number of nitrogens with one attached hydrogen (secondary N) is 1. The summed E-state index contributed by atoms with van der Waals surface area (Å²) < 4.78 is 5.88. The first kappa shape index (κ1) is 19.4. The molecule has 0 spiro atoms. The van der Waals surface area contributed by atoms with Crippen molar-refractivity contribution in [2.24, 2.45) is 0 Å². The van der Waals surface area contributed by atoms with Crippen LogP contribution in [0.5, 0.6) is 5.75 Å². The second kappa shape index (κ2) is 7.73. The van der Waals surface area contributed by atoms with Gasteiger partial charge in [-0.25, -0.2) is 0 Å². The van der Waals surface area contributed by atoms with Gasteiger partial charge >= 0.3 is 0 Å². The molecule has 4 nitrogen and oxygen atoms in total. The Balaban J connectivity index is 1.62. The van der Waals surface area contributed by atoms with Crippen molar-refractivity contribution in [1.82, 2.24) is 5.32 Å². The number of benzene rings is 2. The molecule has 1 fully saturated rings. The summed E-state index contributed by atoms with van der Waals surface area (Å²) >= 11 is 0. The fourth-order valence-corrected chi connectivity index (χ4v) is 4.48. The van der Waals surface area contributed by atoms with E-state index in [-0.39, 0.29) is 29.6 Å². The number of hydrogen-bond acceptors (Lipinski definition) is 2. The van der Waals surface area contributed by atoms with Crippen molar-refractivity contribution < 1.29 is 14.8 Å². The number of rotatable bonds is 5. The maximum Gasteiger partial charge on any atom is 0.258 e. The Bertz CT molecular complexity index is 768. The molecular formula is C23H31N2O2+. The molecule has 1 saturated heterocycles. The largest absolute Gasteiger partial charge is 0.483 e. The fraction of sp³-hybridized carbons (Fsp3) is 0.435. The molecule has 2 aromatic rings. The Morgan fingerprint density at radius 2 is 1.59 bits per heavy atom. The Hall–Kier alpha value is -2.33. The van der Waals surface area contributed by atoms with Crippen molar-refractivity contribution in [3.8, 4) is 16.9 Å². The van der Waals surface area contributed by atoms with Crippen LogP contribution in [-0.4, -0.2) is 29.6 Å². The summed E-state index contributed by atoms with van der Waals surface area (Å²) in [5, 5.41) is 5.59. The molecule has 0 unspecified atom stereocenters. The van der Waals surface area contributed by atoms with Gasteiger partial charge in [0, 0.05) is 24.4 Å². The van der Waals surface area contributed by atoms with Gasteiger partial charge < -0.3 is 15.4 Å². The van der Waals surface area contributed by atoms with Gasteiger partial charge in [0.2, 0.25) is 0 Å². The molecule has 0 aliphatic carbocycles. The minimum atomic E-state index is -0.0589. The zero-order valence-electron chi connectivity index (χ0n) is 16.8. The van der Waals surface area contributed by atoms with Crippen molar-refractivity contribution in [3.05, 3.63) is 54.6 Å². The quantitative estimate of drug-likeness (QED) is 0.853. The van der Waals surface area contributed by atoms with Gasteiger partial charge in [-0.1, -0.05) is 48.5 Å². The third kappa shape index (κ3) is 5.33. The van der Waals surface area contributed by atoms with Crippen LogP contribution in [0, 0.1) is 0 Å². The van der Waals surface area contributed by atoms with E-state index in [1.807, 2.05) is 54.6 Å². The van der Waals surface area contributed by atoms with Crippen LogP contribution in [0.25, 0.3) is 11.1 Å². The summed E-state index contributed by atoms with van der Waals surface area (Å²) in [6, 6.07) is 18.1. The SMILES string of the molecule is CC1(C)CC(NC(=O)COc2ccccc2-c2ccccc2)CC(C)(C)[NH2+]1. The van der Waals surface area contributed by atoms with E-state index < -0.39 is 0 Å². The van der Waals surface area contributed by atoms with Gasteiger partial charge in [0.25, 0.3) is 5.91 Å². The normalized spacial score (nSPS) is 18.7. The van der Waals surface area contributed by atoms with Crippen molar-refractivity contribution >= 4 is 5.91 Å². The molecule has 0 saturated carbocycles. The highest BCUT2D eigenvalue weighted by atomic mass is 16.5. The topological polar surface area (TPSA) is 54.9 Å². The molecule has 0 bridgehead atoms. The second-order valence-electron chi connectivity index (χ2n) is 8.95. The molecule has 0 radical (unpaired) electrons. The third-order valence-corrected chi connectivity index (χ3v) is 5.02. The number of hydrogen-bond donors (Lipinski definition) is 2. The highest BCUT2D eigenvalue weighted by Crippen LogP contribution is 2.29. The molecule has 1 heterocycles. The maximum absolute atomic E-state index is 12.5. The fourth-order valence-electron chi connectivity index (χ4n) is 4.48. The standard InChI is InChI=1S/C23H30N2O2/c1-22(2)14-18(15-23(3,4)25-22)24-21(26)16-27-20-13-9-8-12-19(20)17-10-6-5-7-11-17/h5-13,18,25H,14-16H2,1-4H3,(H,24,26)/p+1. The lowest BCUT2D eigenvalue weighted by Crippen LogP contribution is -3.06. The number of carbonyl (C=O) groups is 1. The van der Waals surface area contributed by atoms with Crippen LogP contribution >= 0.6 is 0 Å². The number of carbonyl (C=O) groups excluding carboxylic acids is 1. The van der Waals surface area contributed by atoms with Crippen molar-refractivity contribution in [3.63, 3.8) is 0 Å². The summed E-state index contributed by atoms with van der Waals surface area (Å²) in [4.78, 5) is 12.5. The van der Waals surface area contributed by atoms with Crippen LogP contribution in [0.2, 0.25) is 0 Å². The number of quaternary nitrogens is 1. The zero-order chi connectivity index (χ0) is 19.5. The lowest BCUT2D eigenvalue weighted by atomic mass is 9.79. The summed E-state index contributed by atoms with van der Waals surface area (Å²) in [7, 11) is 0. The van der Waals surface area contributed by atoms with Gasteiger partial charge in [-0.05, 0) is 39.3 Å². The van der Waals surface area contributed by atoms with Gasteiger partial charge in [0.15, 0.2) is 6.61 Å². The number of amides is 1. The van der Waals surface area contributed by atoms with Crippen molar-refractivity contribution in [1.29, 1.82) is 0 Å². The van der Waals surface area contributed by atoms with Crippen LogP contribution in [0.1, 0.15) is 40.5 Å². The van der Waals surface area contributed by atoms with Crippen molar-refractivity contribution in [2.45, 2.75) is 57.7 Å². The molecule has 1 amide bonds. The average molecular weight is 368 g/mol. The monoisotopic (exact) mass is 367 g/mol. The highest BCUT2D eigenvalue weighted by molar-refractivity contribution is 5.78.